The van der Waals surface area contributed by atoms with E-state index in [0.717, 1.165) is 16.0 Å². The number of nitrogens with zero attached hydrogens (tertiary/aromatic N) is 1. The molecule has 0 aliphatic carbocycles. The van der Waals surface area contributed by atoms with Crippen molar-refractivity contribution in [3.63, 3.8) is 0 Å². The predicted octanol–water partition coefficient (Wildman–Crippen LogP) is 4.70. The molecule has 0 bridgehead atoms. The lowest BCUT2D eigenvalue weighted by Crippen LogP contribution is -2.40. The minimum atomic E-state index is -0.476. The highest BCUT2D eigenvalue weighted by Crippen LogP contribution is 2.43. The van der Waals surface area contributed by atoms with Gasteiger partial charge in [0.2, 0.25) is 0 Å². The number of hydrogen-bond donors (Lipinski definition) is 0. The van der Waals surface area contributed by atoms with E-state index in [0.29, 0.717) is 30.2 Å². The Balaban J connectivity index is 1.84. The molecule has 7 heteroatoms. The van der Waals surface area contributed by atoms with Crippen molar-refractivity contribution in [1.82, 2.24) is 4.90 Å². The smallest absolute Gasteiger partial charge is 0.258 e. The summed E-state index contributed by atoms with van der Waals surface area (Å²) in [5.74, 6) is 0.869. The van der Waals surface area contributed by atoms with Crippen LogP contribution in [0.1, 0.15) is 32.4 Å². The molecule has 5 nitrogen and oxygen atoms in total. The molecule has 0 spiro atoms. The molecule has 0 fully saturated rings. The summed E-state index contributed by atoms with van der Waals surface area (Å²) in [6.45, 7) is 0.490. The van der Waals surface area contributed by atoms with Crippen LogP contribution in [0.4, 0.5) is 4.39 Å². The fourth-order valence-corrected chi connectivity index (χ4v) is 4.77. The summed E-state index contributed by atoms with van der Waals surface area (Å²) in [7, 11) is 4.67. The third-order valence-corrected chi connectivity index (χ3v) is 6.26. The second-order valence-electron chi connectivity index (χ2n) is 6.92. The van der Waals surface area contributed by atoms with Gasteiger partial charge in [-0.05, 0) is 59.3 Å². The molecule has 1 aliphatic rings. The first kappa shape index (κ1) is 20.2. The number of methoxy groups -OCH3 is 3. The highest BCUT2D eigenvalue weighted by atomic mass is 32.1. The van der Waals surface area contributed by atoms with Gasteiger partial charge in [-0.1, -0.05) is 6.07 Å². The van der Waals surface area contributed by atoms with Gasteiger partial charge in [0.15, 0.2) is 11.5 Å². The maximum atomic E-state index is 13.9. The molecule has 0 saturated carbocycles. The van der Waals surface area contributed by atoms with Crippen molar-refractivity contribution in [2.45, 2.75) is 12.5 Å². The number of carbonyl (C=O) groups excluding carboxylic acids is 1. The highest BCUT2D eigenvalue weighted by molar-refractivity contribution is 7.10. The summed E-state index contributed by atoms with van der Waals surface area (Å²) in [5.41, 5.74) is 2.29. The van der Waals surface area contributed by atoms with E-state index in [1.165, 1.54) is 25.3 Å². The number of amides is 1. The Labute approximate surface area is 178 Å². The molecule has 30 heavy (non-hydrogen) atoms. The largest absolute Gasteiger partial charge is 0.496 e. The van der Waals surface area contributed by atoms with Gasteiger partial charge >= 0.3 is 0 Å². The normalized spacial score (nSPS) is 15.5. The number of fused-ring (bicyclic) bond motifs is 1. The average molecular weight is 427 g/mol. The summed E-state index contributed by atoms with van der Waals surface area (Å²) < 4.78 is 30.2. The number of rotatable bonds is 5. The Kier molecular flexibility index (Phi) is 5.63. The van der Waals surface area contributed by atoms with Crippen LogP contribution in [-0.4, -0.2) is 38.7 Å². The van der Waals surface area contributed by atoms with E-state index in [4.69, 9.17) is 14.2 Å². The minimum Gasteiger partial charge on any atom is -0.496 e. The second kappa shape index (κ2) is 8.36. The zero-order chi connectivity index (χ0) is 21.3. The van der Waals surface area contributed by atoms with Gasteiger partial charge in [-0.3, -0.25) is 4.79 Å². The number of carbonyl (C=O) groups is 1. The Hall–Kier alpha value is -3.06. The zero-order valence-electron chi connectivity index (χ0n) is 17.0. The molecule has 1 aliphatic heterocycles. The van der Waals surface area contributed by atoms with Gasteiger partial charge in [0.25, 0.3) is 5.91 Å². The number of ether oxygens (including phenoxy) is 3. The van der Waals surface area contributed by atoms with Gasteiger partial charge in [-0.15, -0.1) is 11.3 Å². The summed E-state index contributed by atoms with van der Waals surface area (Å²) in [5, 5.41) is 1.98. The molecule has 2 heterocycles. The van der Waals surface area contributed by atoms with E-state index < -0.39 is 5.82 Å². The van der Waals surface area contributed by atoms with Crippen LogP contribution in [0.25, 0.3) is 0 Å². The number of halogens is 1. The van der Waals surface area contributed by atoms with Crippen molar-refractivity contribution in [3.05, 3.63) is 75.2 Å². The molecule has 0 saturated heterocycles. The van der Waals surface area contributed by atoms with Crippen LogP contribution in [0.5, 0.6) is 17.2 Å². The van der Waals surface area contributed by atoms with Gasteiger partial charge in [0, 0.05) is 11.4 Å². The van der Waals surface area contributed by atoms with E-state index in [1.54, 1.807) is 30.5 Å². The third kappa shape index (κ3) is 3.50. The van der Waals surface area contributed by atoms with Crippen LogP contribution >= 0.6 is 11.3 Å². The van der Waals surface area contributed by atoms with Crippen LogP contribution in [0.15, 0.2) is 47.8 Å². The maximum Gasteiger partial charge on any atom is 0.258 e. The van der Waals surface area contributed by atoms with Crippen molar-refractivity contribution in [2.75, 3.05) is 27.9 Å². The first-order chi connectivity index (χ1) is 14.6. The van der Waals surface area contributed by atoms with Crippen LogP contribution in [0.3, 0.4) is 0 Å². The molecule has 156 valence electrons. The van der Waals surface area contributed by atoms with Crippen LogP contribution in [0.2, 0.25) is 0 Å². The highest BCUT2D eigenvalue weighted by Gasteiger charge is 2.35. The van der Waals surface area contributed by atoms with Crippen molar-refractivity contribution in [3.8, 4) is 17.2 Å². The van der Waals surface area contributed by atoms with Crippen LogP contribution in [-0.2, 0) is 6.42 Å². The minimum absolute atomic E-state index is 0.211. The molecule has 4 rings (SSSR count). The first-order valence-electron chi connectivity index (χ1n) is 9.50. The fourth-order valence-electron chi connectivity index (χ4n) is 3.92. The molecular weight excluding hydrogens is 405 g/mol. The van der Waals surface area contributed by atoms with E-state index in [-0.39, 0.29) is 17.5 Å². The summed E-state index contributed by atoms with van der Waals surface area (Å²) >= 11 is 1.57. The lowest BCUT2D eigenvalue weighted by atomic mass is 9.90. The molecule has 1 aromatic heterocycles. The quantitative estimate of drug-likeness (QED) is 0.592. The van der Waals surface area contributed by atoms with E-state index >= 15 is 0 Å². The van der Waals surface area contributed by atoms with Gasteiger partial charge in [-0.25, -0.2) is 4.39 Å². The summed E-state index contributed by atoms with van der Waals surface area (Å²) in [6.07, 6.45) is 0.654. The first-order valence-corrected chi connectivity index (χ1v) is 10.4. The number of benzene rings is 2. The van der Waals surface area contributed by atoms with Gasteiger partial charge in [0.05, 0.1) is 32.9 Å². The molecule has 1 atom stereocenters. The lowest BCUT2D eigenvalue weighted by molar-refractivity contribution is 0.0693. The Morgan fingerprint density at radius 3 is 2.43 bits per heavy atom. The number of hydrogen-bond acceptors (Lipinski definition) is 5. The SMILES string of the molecule is COc1cc2c(cc1OC)C(c1cccs1)N(C(=O)c1cc(F)ccc1OC)CC2. The average Bonchev–Trinajstić information content (AvgIpc) is 3.31. The monoisotopic (exact) mass is 427 g/mol. The van der Waals surface area contributed by atoms with Crippen molar-refractivity contribution in [2.24, 2.45) is 0 Å². The third-order valence-electron chi connectivity index (χ3n) is 5.34. The predicted molar refractivity (Wildman–Crippen MR) is 113 cm³/mol. The summed E-state index contributed by atoms with van der Waals surface area (Å²) in [4.78, 5) is 16.3. The lowest BCUT2D eigenvalue weighted by Gasteiger charge is -2.37. The van der Waals surface area contributed by atoms with Gasteiger partial charge in [-0.2, -0.15) is 0 Å². The zero-order valence-corrected chi connectivity index (χ0v) is 17.8. The van der Waals surface area contributed by atoms with E-state index in [1.807, 2.05) is 29.6 Å². The van der Waals surface area contributed by atoms with E-state index in [2.05, 4.69) is 0 Å². The van der Waals surface area contributed by atoms with E-state index in [9.17, 15) is 9.18 Å². The molecular formula is C23H22FNO4S. The van der Waals surface area contributed by atoms with Gasteiger partial charge in [0.1, 0.15) is 11.6 Å². The standard InChI is InChI=1S/C23H22FNO4S/c1-27-18-7-6-15(24)12-17(18)23(26)25-9-8-14-11-19(28-2)20(29-3)13-16(14)22(25)21-5-4-10-30-21/h4-7,10-13,22H,8-9H2,1-3H3. The Morgan fingerprint density at radius 2 is 1.77 bits per heavy atom. The van der Waals surface area contributed by atoms with Crippen LogP contribution < -0.4 is 14.2 Å². The fraction of sp³-hybridized carbons (Fsp3) is 0.261. The second-order valence-corrected chi connectivity index (χ2v) is 7.90. The van der Waals surface area contributed by atoms with Gasteiger partial charge < -0.3 is 19.1 Å². The van der Waals surface area contributed by atoms with Crippen LogP contribution in [0, 0.1) is 5.82 Å². The van der Waals surface area contributed by atoms with Crippen molar-refractivity contribution in [1.29, 1.82) is 0 Å². The van der Waals surface area contributed by atoms with Crippen molar-refractivity contribution < 1.29 is 23.4 Å². The molecule has 0 N–H and O–H groups in total. The Morgan fingerprint density at radius 1 is 1.03 bits per heavy atom. The van der Waals surface area contributed by atoms with Crippen molar-refractivity contribution >= 4 is 17.2 Å². The molecule has 2 aromatic carbocycles. The Bertz CT molecular complexity index is 1070. The molecule has 1 amide bonds. The topological polar surface area (TPSA) is 48.0 Å². The molecule has 0 radical (unpaired) electrons. The maximum absolute atomic E-state index is 13.9. The number of thiophene rings is 1. The molecule has 1 unspecified atom stereocenters. The molecule has 3 aromatic rings. The summed E-state index contributed by atoms with van der Waals surface area (Å²) in [6, 6.07) is 11.6.